The van der Waals surface area contributed by atoms with Crippen LogP contribution in [0, 0.1) is 12.8 Å². The van der Waals surface area contributed by atoms with Crippen LogP contribution in [0.2, 0.25) is 0 Å². The first-order valence-electron chi connectivity index (χ1n) is 9.77. The molecular weight excluding hydrogens is 338 g/mol. The number of hydrogen-bond acceptors (Lipinski definition) is 4. The number of anilines is 1. The van der Waals surface area contributed by atoms with Crippen molar-refractivity contribution in [3.63, 3.8) is 0 Å². The first-order valence-corrected chi connectivity index (χ1v) is 9.77. The Morgan fingerprint density at radius 2 is 1.96 bits per heavy atom. The Labute approximate surface area is 161 Å². The van der Waals surface area contributed by atoms with Gasteiger partial charge in [-0.25, -0.2) is 4.98 Å². The lowest BCUT2D eigenvalue weighted by molar-refractivity contribution is -0.117. The van der Waals surface area contributed by atoms with E-state index in [1.165, 1.54) is 5.56 Å². The minimum Gasteiger partial charge on any atom is -0.393 e. The van der Waals surface area contributed by atoms with E-state index in [1.54, 1.807) is 6.20 Å². The molecule has 0 spiro atoms. The molecule has 2 heterocycles. The predicted molar refractivity (Wildman–Crippen MR) is 108 cm³/mol. The molecule has 1 saturated heterocycles. The number of aliphatic hydroxyl groups excluding tert-OH is 1. The number of aromatic nitrogens is 1. The highest BCUT2D eigenvalue weighted by molar-refractivity contribution is 5.91. The molecule has 27 heavy (non-hydrogen) atoms. The molecule has 5 heteroatoms. The summed E-state index contributed by atoms with van der Waals surface area (Å²) in [5.74, 6) is 0.887. The minimum atomic E-state index is -0.266. The molecule has 1 fully saturated rings. The van der Waals surface area contributed by atoms with Crippen molar-refractivity contribution in [2.24, 2.45) is 5.92 Å². The van der Waals surface area contributed by atoms with Gasteiger partial charge in [0.05, 0.1) is 12.6 Å². The van der Waals surface area contributed by atoms with Gasteiger partial charge in [0.15, 0.2) is 0 Å². The Morgan fingerprint density at radius 1 is 1.22 bits per heavy atom. The number of amides is 1. The van der Waals surface area contributed by atoms with E-state index in [4.69, 9.17) is 0 Å². The highest BCUT2D eigenvalue weighted by Gasteiger charge is 2.26. The lowest BCUT2D eigenvalue weighted by Crippen LogP contribution is -2.41. The fraction of sp³-hybridized carbons (Fsp3) is 0.455. The number of aliphatic hydroxyl groups is 1. The van der Waals surface area contributed by atoms with Gasteiger partial charge in [0.25, 0.3) is 0 Å². The zero-order chi connectivity index (χ0) is 19.1. The van der Waals surface area contributed by atoms with E-state index in [0.29, 0.717) is 18.3 Å². The lowest BCUT2D eigenvalue weighted by Gasteiger charge is -2.33. The van der Waals surface area contributed by atoms with Crippen molar-refractivity contribution in [2.45, 2.75) is 38.7 Å². The van der Waals surface area contributed by atoms with Crippen LogP contribution in [0.1, 0.15) is 30.4 Å². The van der Waals surface area contributed by atoms with Gasteiger partial charge >= 0.3 is 0 Å². The van der Waals surface area contributed by atoms with E-state index in [-0.39, 0.29) is 12.0 Å². The smallest absolute Gasteiger partial charge is 0.239 e. The van der Waals surface area contributed by atoms with Crippen LogP contribution in [0.5, 0.6) is 0 Å². The van der Waals surface area contributed by atoms with E-state index >= 15 is 0 Å². The van der Waals surface area contributed by atoms with Gasteiger partial charge in [-0.1, -0.05) is 36.4 Å². The second-order valence-electron chi connectivity index (χ2n) is 7.47. The quantitative estimate of drug-likeness (QED) is 0.789. The summed E-state index contributed by atoms with van der Waals surface area (Å²) in [6, 6.07) is 14.1. The molecule has 0 saturated carbocycles. The van der Waals surface area contributed by atoms with E-state index in [1.807, 2.05) is 37.3 Å². The Hall–Kier alpha value is -2.24. The van der Waals surface area contributed by atoms with Gasteiger partial charge in [-0.05, 0) is 68.8 Å². The van der Waals surface area contributed by atoms with Gasteiger partial charge in [0, 0.05) is 6.20 Å². The van der Waals surface area contributed by atoms with Crippen molar-refractivity contribution in [3.05, 3.63) is 59.8 Å². The number of likely N-dealkylation sites (tertiary alicyclic amines) is 1. The second-order valence-corrected chi connectivity index (χ2v) is 7.47. The molecule has 1 aromatic carbocycles. The number of carbonyl (C=O) groups excluding carboxylic acids is 1. The number of pyridine rings is 1. The summed E-state index contributed by atoms with van der Waals surface area (Å²) < 4.78 is 0. The van der Waals surface area contributed by atoms with Crippen LogP contribution in [0.3, 0.4) is 0 Å². The standard InChI is InChI=1S/C22H29N3O2/c1-17-7-10-21(23-15-17)24-22(27)16-25-13-11-19(12-14-25)20(26)9-8-18-5-3-2-4-6-18/h2-7,10,15,19-20,26H,8-9,11-14,16H2,1H3,(H,23,24,27). The largest absolute Gasteiger partial charge is 0.393 e. The third-order valence-electron chi connectivity index (χ3n) is 5.29. The molecule has 144 valence electrons. The van der Waals surface area contributed by atoms with Crippen molar-refractivity contribution >= 4 is 11.7 Å². The fourth-order valence-electron chi connectivity index (χ4n) is 3.62. The zero-order valence-electron chi connectivity index (χ0n) is 16.0. The number of benzene rings is 1. The molecule has 1 aliphatic rings. The second kappa shape index (κ2) is 9.62. The number of nitrogens with zero attached hydrogens (tertiary/aromatic N) is 2. The van der Waals surface area contributed by atoms with Crippen molar-refractivity contribution in [2.75, 3.05) is 25.0 Å². The maximum atomic E-state index is 12.2. The van der Waals surface area contributed by atoms with Crippen LogP contribution in [0.4, 0.5) is 5.82 Å². The van der Waals surface area contributed by atoms with E-state index < -0.39 is 0 Å². The number of rotatable bonds is 7. The summed E-state index contributed by atoms with van der Waals surface area (Å²) in [7, 11) is 0. The molecule has 0 radical (unpaired) electrons. The molecule has 1 atom stereocenters. The molecule has 0 bridgehead atoms. The maximum Gasteiger partial charge on any atom is 0.239 e. The van der Waals surface area contributed by atoms with Crippen LogP contribution < -0.4 is 5.32 Å². The summed E-state index contributed by atoms with van der Waals surface area (Å²) in [5, 5.41) is 13.4. The molecule has 1 aliphatic heterocycles. The van der Waals surface area contributed by atoms with Crippen LogP contribution in [-0.2, 0) is 11.2 Å². The van der Waals surface area contributed by atoms with Crippen LogP contribution >= 0.6 is 0 Å². The van der Waals surface area contributed by atoms with Crippen LogP contribution in [0.25, 0.3) is 0 Å². The topological polar surface area (TPSA) is 65.5 Å². The predicted octanol–water partition coefficient (Wildman–Crippen LogP) is 3.03. The van der Waals surface area contributed by atoms with Crippen LogP contribution in [-0.4, -0.2) is 46.6 Å². The molecule has 5 nitrogen and oxygen atoms in total. The SMILES string of the molecule is Cc1ccc(NC(=O)CN2CCC(C(O)CCc3ccccc3)CC2)nc1. The highest BCUT2D eigenvalue weighted by Crippen LogP contribution is 2.23. The first kappa shape index (κ1) is 19.5. The highest BCUT2D eigenvalue weighted by atomic mass is 16.3. The molecule has 1 amide bonds. The third kappa shape index (κ3) is 6.15. The van der Waals surface area contributed by atoms with Gasteiger partial charge in [-0.2, -0.15) is 0 Å². The van der Waals surface area contributed by atoms with Gasteiger partial charge in [0.1, 0.15) is 5.82 Å². The molecule has 2 aromatic rings. The minimum absolute atomic E-state index is 0.0329. The molecule has 1 unspecified atom stereocenters. The Morgan fingerprint density at radius 3 is 2.63 bits per heavy atom. The summed E-state index contributed by atoms with van der Waals surface area (Å²) in [5.41, 5.74) is 2.34. The fourth-order valence-corrected chi connectivity index (χ4v) is 3.62. The summed E-state index contributed by atoms with van der Waals surface area (Å²) in [4.78, 5) is 18.6. The van der Waals surface area contributed by atoms with Crippen molar-refractivity contribution in [1.29, 1.82) is 0 Å². The third-order valence-corrected chi connectivity index (χ3v) is 5.29. The van der Waals surface area contributed by atoms with Crippen molar-refractivity contribution in [3.8, 4) is 0 Å². The first-order chi connectivity index (χ1) is 13.1. The number of piperidine rings is 1. The van der Waals surface area contributed by atoms with Crippen LogP contribution in [0.15, 0.2) is 48.7 Å². The molecular formula is C22H29N3O2. The van der Waals surface area contributed by atoms with Gasteiger partial charge in [-0.15, -0.1) is 0 Å². The van der Waals surface area contributed by atoms with E-state index in [2.05, 4.69) is 27.3 Å². The average Bonchev–Trinajstić information content (AvgIpc) is 2.69. The number of aryl methyl sites for hydroxylation is 2. The van der Waals surface area contributed by atoms with E-state index in [9.17, 15) is 9.90 Å². The van der Waals surface area contributed by atoms with Gasteiger partial charge < -0.3 is 10.4 Å². The lowest BCUT2D eigenvalue weighted by atomic mass is 9.88. The summed E-state index contributed by atoms with van der Waals surface area (Å²) >= 11 is 0. The van der Waals surface area contributed by atoms with Crippen molar-refractivity contribution < 1.29 is 9.90 Å². The summed E-state index contributed by atoms with van der Waals surface area (Å²) in [6.45, 7) is 4.04. The monoisotopic (exact) mass is 367 g/mol. The van der Waals surface area contributed by atoms with Gasteiger partial charge in [0.2, 0.25) is 5.91 Å². The molecule has 0 aliphatic carbocycles. The molecule has 2 N–H and O–H groups in total. The molecule has 1 aromatic heterocycles. The number of carbonyl (C=O) groups is 1. The number of hydrogen-bond donors (Lipinski definition) is 2. The Kier molecular flexibility index (Phi) is 6.96. The maximum absolute atomic E-state index is 12.2. The average molecular weight is 367 g/mol. The van der Waals surface area contributed by atoms with Crippen molar-refractivity contribution in [1.82, 2.24) is 9.88 Å². The molecule has 3 rings (SSSR count). The van der Waals surface area contributed by atoms with E-state index in [0.717, 1.165) is 44.3 Å². The van der Waals surface area contributed by atoms with Gasteiger partial charge in [-0.3, -0.25) is 9.69 Å². The Balaban J connectivity index is 1.37. The normalized spacial score (nSPS) is 16.8. The zero-order valence-corrected chi connectivity index (χ0v) is 16.0. The number of nitrogens with one attached hydrogen (secondary N) is 1. The Bertz CT molecular complexity index is 710. The summed E-state index contributed by atoms with van der Waals surface area (Å²) in [6.07, 6.45) is 5.07.